The van der Waals surface area contributed by atoms with Crippen LogP contribution >= 0.6 is 0 Å². The molecule has 66 valence electrons. The Kier molecular flexibility index (Phi) is 1.66. The van der Waals surface area contributed by atoms with Gasteiger partial charge in [0.25, 0.3) is 0 Å². The Labute approximate surface area is 75.3 Å². The predicted octanol–water partition coefficient (Wildman–Crippen LogP) is 0.570. The van der Waals surface area contributed by atoms with Crippen molar-refractivity contribution in [1.82, 2.24) is 4.90 Å². The van der Waals surface area contributed by atoms with E-state index in [1.165, 1.54) is 6.26 Å². The predicted molar refractivity (Wildman–Crippen MR) is 46.6 cm³/mol. The summed E-state index contributed by atoms with van der Waals surface area (Å²) in [4.78, 5) is 12.6. The lowest BCUT2D eigenvalue weighted by molar-refractivity contribution is -0.114. The topological polar surface area (TPSA) is 55.6 Å². The molecule has 0 radical (unpaired) electrons. The van der Waals surface area contributed by atoms with Crippen LogP contribution in [-0.2, 0) is 9.53 Å². The van der Waals surface area contributed by atoms with Crippen LogP contribution in [0.2, 0.25) is 0 Å². The number of allylic oxidation sites excluding steroid dienone is 1. The number of amides is 1. The van der Waals surface area contributed by atoms with Crippen LogP contribution in [-0.4, -0.2) is 10.8 Å². The number of nitrogens with two attached hydrogens (primary N) is 1. The fraction of sp³-hybridized carbons (Fsp3) is 0. The Morgan fingerprint density at radius 1 is 1.46 bits per heavy atom. The van der Waals surface area contributed by atoms with Gasteiger partial charge in [-0.3, -0.25) is 4.79 Å². The third kappa shape index (κ3) is 1.33. The molecule has 4 nitrogen and oxygen atoms in total. The van der Waals surface area contributed by atoms with Gasteiger partial charge in [0.05, 0.1) is 11.3 Å². The van der Waals surface area contributed by atoms with Gasteiger partial charge in [0.1, 0.15) is 12.5 Å². The van der Waals surface area contributed by atoms with E-state index in [0.29, 0.717) is 5.57 Å². The van der Waals surface area contributed by atoms with E-state index in [2.05, 4.69) is 0 Å². The van der Waals surface area contributed by atoms with E-state index < -0.39 is 5.91 Å². The molecule has 2 heterocycles. The zero-order chi connectivity index (χ0) is 9.26. The molecular formula is C9H8N2O2. The first-order valence-electron chi connectivity index (χ1n) is 3.78. The molecule has 0 aromatic carbocycles. The Balaban J connectivity index is 2.31. The van der Waals surface area contributed by atoms with Gasteiger partial charge in [-0.05, 0) is 12.2 Å². The van der Waals surface area contributed by atoms with E-state index in [-0.39, 0.29) is 0 Å². The smallest absolute Gasteiger partial charge is 0.250 e. The van der Waals surface area contributed by atoms with Gasteiger partial charge in [-0.2, -0.15) is 0 Å². The molecule has 13 heavy (non-hydrogen) atoms. The lowest BCUT2D eigenvalue weighted by atomic mass is 10.1. The Morgan fingerprint density at radius 3 is 3.08 bits per heavy atom. The average molecular weight is 176 g/mol. The summed E-state index contributed by atoms with van der Waals surface area (Å²) in [5.41, 5.74) is 6.47. The van der Waals surface area contributed by atoms with Crippen molar-refractivity contribution < 1.29 is 9.53 Å². The highest BCUT2D eigenvalue weighted by Crippen LogP contribution is 2.19. The Morgan fingerprint density at radius 2 is 2.31 bits per heavy atom. The number of nitrogens with zero attached hydrogens (tertiary/aromatic N) is 1. The van der Waals surface area contributed by atoms with Gasteiger partial charge in [-0.15, -0.1) is 0 Å². The normalized spacial score (nSPS) is 18.6. The van der Waals surface area contributed by atoms with Crippen LogP contribution in [0, 0.1) is 0 Å². The third-order valence-corrected chi connectivity index (χ3v) is 1.78. The first-order valence-corrected chi connectivity index (χ1v) is 3.78. The van der Waals surface area contributed by atoms with Crippen molar-refractivity contribution in [2.24, 2.45) is 5.73 Å². The molecule has 0 spiro atoms. The molecule has 0 aliphatic carbocycles. The van der Waals surface area contributed by atoms with Gasteiger partial charge in [0.2, 0.25) is 5.91 Å². The van der Waals surface area contributed by atoms with E-state index in [9.17, 15) is 4.79 Å². The molecule has 0 fully saturated rings. The molecule has 2 rings (SSSR count). The van der Waals surface area contributed by atoms with Crippen LogP contribution in [0.5, 0.6) is 0 Å². The molecule has 1 amide bonds. The highest BCUT2D eigenvalue weighted by atomic mass is 16.5. The standard InChI is InChI=1S/C9H8N2O2/c10-9(12)7-1-2-8-6-13-4-3-11(8)5-7/h1-6H,(H2,10,12). The Hall–Kier alpha value is -1.97. The maximum Gasteiger partial charge on any atom is 0.250 e. The summed E-state index contributed by atoms with van der Waals surface area (Å²) < 4.78 is 4.95. The largest absolute Gasteiger partial charge is 0.469 e. The SMILES string of the molecule is NC(=O)C1=CN2C=COC=C2C=C1. The fourth-order valence-electron chi connectivity index (χ4n) is 1.11. The van der Waals surface area contributed by atoms with Crippen molar-refractivity contribution in [1.29, 1.82) is 0 Å². The number of carbonyl (C=O) groups excluding carboxylic acids is 1. The monoisotopic (exact) mass is 176 g/mol. The molecule has 0 unspecified atom stereocenters. The van der Waals surface area contributed by atoms with Gasteiger partial charge in [-0.1, -0.05) is 0 Å². The molecule has 2 aliphatic rings. The summed E-state index contributed by atoms with van der Waals surface area (Å²) in [5, 5.41) is 0. The van der Waals surface area contributed by atoms with Gasteiger partial charge < -0.3 is 15.4 Å². The summed E-state index contributed by atoms with van der Waals surface area (Å²) in [6.45, 7) is 0. The van der Waals surface area contributed by atoms with Crippen molar-refractivity contribution in [3.05, 3.63) is 48.3 Å². The number of fused-ring (bicyclic) bond motifs is 1. The first kappa shape index (κ1) is 7.67. The number of hydrogen-bond donors (Lipinski definition) is 1. The zero-order valence-electron chi connectivity index (χ0n) is 6.81. The van der Waals surface area contributed by atoms with Crippen molar-refractivity contribution in [3.8, 4) is 0 Å². The summed E-state index contributed by atoms with van der Waals surface area (Å²) in [6.07, 6.45) is 9.91. The molecular weight excluding hydrogens is 168 g/mol. The fourth-order valence-corrected chi connectivity index (χ4v) is 1.11. The zero-order valence-corrected chi connectivity index (χ0v) is 6.81. The maximum atomic E-state index is 10.8. The molecule has 2 N–H and O–H groups in total. The van der Waals surface area contributed by atoms with Crippen LogP contribution in [0.3, 0.4) is 0 Å². The van der Waals surface area contributed by atoms with E-state index >= 15 is 0 Å². The van der Waals surface area contributed by atoms with E-state index in [4.69, 9.17) is 10.5 Å². The minimum atomic E-state index is -0.435. The van der Waals surface area contributed by atoms with Gasteiger partial charge >= 0.3 is 0 Å². The van der Waals surface area contributed by atoms with Gasteiger partial charge in [0.15, 0.2) is 0 Å². The number of carbonyl (C=O) groups is 1. The van der Waals surface area contributed by atoms with Gasteiger partial charge in [-0.25, -0.2) is 0 Å². The van der Waals surface area contributed by atoms with Crippen LogP contribution in [0.1, 0.15) is 0 Å². The highest BCUT2D eigenvalue weighted by molar-refractivity contribution is 5.95. The lowest BCUT2D eigenvalue weighted by Crippen LogP contribution is -2.20. The third-order valence-electron chi connectivity index (χ3n) is 1.78. The minimum Gasteiger partial charge on any atom is -0.469 e. The maximum absolute atomic E-state index is 10.8. The summed E-state index contributed by atoms with van der Waals surface area (Å²) in [5.74, 6) is -0.435. The molecule has 2 aliphatic heterocycles. The van der Waals surface area contributed by atoms with E-state index in [0.717, 1.165) is 5.70 Å². The van der Waals surface area contributed by atoms with Crippen molar-refractivity contribution in [2.45, 2.75) is 0 Å². The van der Waals surface area contributed by atoms with E-state index in [1.807, 2.05) is 0 Å². The minimum absolute atomic E-state index is 0.435. The summed E-state index contributed by atoms with van der Waals surface area (Å²) in [7, 11) is 0. The second-order valence-electron chi connectivity index (χ2n) is 2.65. The van der Waals surface area contributed by atoms with E-state index in [1.54, 1.807) is 35.7 Å². The van der Waals surface area contributed by atoms with Crippen molar-refractivity contribution in [2.75, 3.05) is 0 Å². The van der Waals surface area contributed by atoms with Crippen LogP contribution in [0.4, 0.5) is 0 Å². The number of ether oxygens (including phenoxy) is 1. The first-order chi connectivity index (χ1) is 6.27. The quantitative estimate of drug-likeness (QED) is 0.635. The summed E-state index contributed by atoms with van der Waals surface area (Å²) >= 11 is 0. The molecule has 0 aromatic heterocycles. The van der Waals surface area contributed by atoms with Crippen LogP contribution in [0.25, 0.3) is 0 Å². The van der Waals surface area contributed by atoms with Crippen LogP contribution < -0.4 is 5.73 Å². The second-order valence-corrected chi connectivity index (χ2v) is 2.65. The lowest BCUT2D eigenvalue weighted by Gasteiger charge is -2.22. The molecule has 4 heteroatoms. The van der Waals surface area contributed by atoms with Crippen molar-refractivity contribution in [3.63, 3.8) is 0 Å². The number of hydrogen-bond acceptors (Lipinski definition) is 3. The van der Waals surface area contributed by atoms with Crippen molar-refractivity contribution >= 4 is 5.91 Å². The molecule has 0 atom stereocenters. The molecule has 0 aromatic rings. The Bertz CT molecular complexity index is 364. The molecule has 0 bridgehead atoms. The van der Waals surface area contributed by atoms with Crippen LogP contribution in [0.15, 0.2) is 48.3 Å². The average Bonchev–Trinajstić information content (AvgIpc) is 2.17. The highest BCUT2D eigenvalue weighted by Gasteiger charge is 2.13. The van der Waals surface area contributed by atoms with Gasteiger partial charge in [0, 0.05) is 12.4 Å². The summed E-state index contributed by atoms with van der Waals surface area (Å²) in [6, 6.07) is 0. The number of primary amides is 1. The molecule has 0 saturated carbocycles. The molecule has 0 saturated heterocycles. The number of rotatable bonds is 1. The second kappa shape index (κ2) is 2.82.